The van der Waals surface area contributed by atoms with Crippen LogP contribution in [0, 0.1) is 5.92 Å². The zero-order valence-electron chi connectivity index (χ0n) is 23.8. The summed E-state index contributed by atoms with van der Waals surface area (Å²) in [4.78, 5) is 0. The molecule has 3 atom stereocenters. The van der Waals surface area contributed by atoms with E-state index in [1.54, 1.807) is 7.11 Å². The fourth-order valence-electron chi connectivity index (χ4n) is 4.48. The Morgan fingerprint density at radius 3 is 2.23 bits per heavy atom. The summed E-state index contributed by atoms with van der Waals surface area (Å²) < 4.78 is 11.8. The van der Waals surface area contributed by atoms with Crippen molar-refractivity contribution < 1.29 is 9.47 Å². The molecule has 4 heteroatoms. The molecule has 1 aromatic rings. The van der Waals surface area contributed by atoms with Gasteiger partial charge >= 0.3 is 0 Å². The fraction of sp³-hybridized carbons (Fsp3) is 0.677. The van der Waals surface area contributed by atoms with Gasteiger partial charge in [0.05, 0.1) is 6.54 Å². The lowest BCUT2D eigenvalue weighted by molar-refractivity contribution is -0.133. The molecule has 0 saturated heterocycles. The van der Waals surface area contributed by atoms with Gasteiger partial charge in [0, 0.05) is 19.2 Å². The summed E-state index contributed by atoms with van der Waals surface area (Å²) in [5, 5.41) is 6.99. The minimum atomic E-state index is -0.183. The predicted molar refractivity (Wildman–Crippen MR) is 151 cm³/mol. The molecule has 0 radical (unpaired) electrons. The van der Waals surface area contributed by atoms with Gasteiger partial charge in [0.25, 0.3) is 0 Å². The third kappa shape index (κ3) is 11.7. The summed E-state index contributed by atoms with van der Waals surface area (Å²) in [6.45, 7) is 13.2. The van der Waals surface area contributed by atoms with Crippen LogP contribution in [0.15, 0.2) is 47.9 Å². The number of methoxy groups -OCH3 is 1. The molecule has 0 amide bonds. The van der Waals surface area contributed by atoms with Crippen molar-refractivity contribution in [2.45, 2.75) is 118 Å². The highest BCUT2D eigenvalue weighted by molar-refractivity contribution is 5.26. The molecule has 0 saturated carbocycles. The van der Waals surface area contributed by atoms with Crippen LogP contribution in [-0.4, -0.2) is 19.9 Å². The van der Waals surface area contributed by atoms with Crippen molar-refractivity contribution in [2.75, 3.05) is 13.7 Å². The number of allylic oxidation sites excluding steroid dienone is 2. The summed E-state index contributed by atoms with van der Waals surface area (Å²) in [7, 11) is 1.75. The number of benzene rings is 1. The highest BCUT2D eigenvalue weighted by Gasteiger charge is 2.26. The lowest BCUT2D eigenvalue weighted by Crippen LogP contribution is -2.39. The standard InChI is InChI=1S/C27H42N2O2.2C2H6/c1-4-5-6-7-8-9-10-22-13-17-23(18-14-22)26-28-19-25(20-29-26)31-27(30-3)24-15-11-21(2)12-16-24;2*1-2/h11,13-14,17-19,24,26-29H,4-10,12,15-16,20H2,1-3H3;2*1-2H3. The number of hydrogen-bond donors (Lipinski definition) is 2. The van der Waals surface area contributed by atoms with E-state index in [-0.39, 0.29) is 12.5 Å². The second-order valence-electron chi connectivity index (χ2n) is 9.16. The molecule has 1 aromatic carbocycles. The number of unbranched alkanes of at least 4 members (excludes halogenated alkanes) is 5. The average molecular weight is 487 g/mol. The Balaban J connectivity index is 0.00000145. The third-order valence-corrected chi connectivity index (χ3v) is 6.59. The minimum absolute atomic E-state index is 0.122. The van der Waals surface area contributed by atoms with Gasteiger partial charge in [-0.05, 0) is 50.2 Å². The number of rotatable bonds is 12. The average Bonchev–Trinajstić information content (AvgIpc) is 2.93. The highest BCUT2D eigenvalue weighted by atomic mass is 16.7. The van der Waals surface area contributed by atoms with Gasteiger partial charge in [-0.1, -0.05) is 103 Å². The van der Waals surface area contributed by atoms with Crippen molar-refractivity contribution in [2.24, 2.45) is 5.92 Å². The lowest BCUT2D eigenvalue weighted by Gasteiger charge is -2.32. The Labute approximate surface area is 217 Å². The summed E-state index contributed by atoms with van der Waals surface area (Å²) in [6, 6.07) is 9.04. The van der Waals surface area contributed by atoms with Crippen molar-refractivity contribution in [3.8, 4) is 0 Å². The van der Waals surface area contributed by atoms with Crippen LogP contribution in [0.5, 0.6) is 0 Å². The second-order valence-corrected chi connectivity index (χ2v) is 9.16. The van der Waals surface area contributed by atoms with Gasteiger partial charge in [-0.3, -0.25) is 5.32 Å². The normalized spacial score (nSPS) is 20.1. The topological polar surface area (TPSA) is 42.5 Å². The number of ether oxygens (including phenoxy) is 2. The van der Waals surface area contributed by atoms with Crippen LogP contribution < -0.4 is 10.6 Å². The molecule has 35 heavy (non-hydrogen) atoms. The van der Waals surface area contributed by atoms with E-state index in [0.29, 0.717) is 12.5 Å². The van der Waals surface area contributed by atoms with Gasteiger partial charge in [0.1, 0.15) is 11.9 Å². The van der Waals surface area contributed by atoms with E-state index in [4.69, 9.17) is 9.47 Å². The first-order chi connectivity index (χ1) is 17.2. The van der Waals surface area contributed by atoms with Crippen LogP contribution in [0.4, 0.5) is 0 Å². The molecular formula is C31H54N2O2. The molecule has 2 aliphatic rings. The molecule has 4 nitrogen and oxygen atoms in total. The Kier molecular flexibility index (Phi) is 17.3. The highest BCUT2D eigenvalue weighted by Crippen LogP contribution is 2.29. The monoisotopic (exact) mass is 486 g/mol. The summed E-state index contributed by atoms with van der Waals surface area (Å²) in [5.41, 5.74) is 4.18. The molecule has 0 aromatic heterocycles. The van der Waals surface area contributed by atoms with Crippen LogP contribution in [0.2, 0.25) is 0 Å². The fourth-order valence-corrected chi connectivity index (χ4v) is 4.48. The largest absolute Gasteiger partial charge is 0.466 e. The maximum atomic E-state index is 6.18. The predicted octanol–water partition coefficient (Wildman–Crippen LogP) is 8.41. The van der Waals surface area contributed by atoms with E-state index in [2.05, 4.69) is 54.8 Å². The lowest BCUT2D eigenvalue weighted by atomic mass is 9.90. The third-order valence-electron chi connectivity index (χ3n) is 6.59. The smallest absolute Gasteiger partial charge is 0.202 e. The first-order valence-corrected chi connectivity index (χ1v) is 14.3. The molecule has 3 rings (SSSR count). The van der Waals surface area contributed by atoms with Crippen LogP contribution in [-0.2, 0) is 15.9 Å². The summed E-state index contributed by atoms with van der Waals surface area (Å²) >= 11 is 0. The van der Waals surface area contributed by atoms with Crippen LogP contribution in [0.3, 0.4) is 0 Å². The quantitative estimate of drug-likeness (QED) is 0.177. The molecule has 200 valence electrons. The Bertz CT molecular complexity index is 711. The second kappa shape index (κ2) is 19.4. The first kappa shape index (κ1) is 31.3. The zero-order valence-corrected chi connectivity index (χ0v) is 23.8. The SMILES string of the molecule is CC.CC.CCCCCCCCc1ccc(C2NC=C(OC(OC)C3CC=C(C)CC3)CN2)cc1. The van der Waals surface area contributed by atoms with Crippen molar-refractivity contribution in [3.05, 3.63) is 59.0 Å². The van der Waals surface area contributed by atoms with E-state index in [9.17, 15) is 0 Å². The van der Waals surface area contributed by atoms with E-state index in [1.165, 1.54) is 61.6 Å². The maximum absolute atomic E-state index is 6.18. The summed E-state index contributed by atoms with van der Waals surface area (Å²) in [6.07, 6.45) is 16.8. The maximum Gasteiger partial charge on any atom is 0.202 e. The van der Waals surface area contributed by atoms with E-state index in [0.717, 1.165) is 25.0 Å². The molecule has 1 heterocycles. The Morgan fingerprint density at radius 2 is 1.66 bits per heavy atom. The molecule has 1 aliphatic heterocycles. The van der Waals surface area contributed by atoms with Crippen molar-refractivity contribution in [1.29, 1.82) is 0 Å². The van der Waals surface area contributed by atoms with E-state index in [1.807, 2.05) is 33.9 Å². The van der Waals surface area contributed by atoms with Crippen LogP contribution >= 0.6 is 0 Å². The van der Waals surface area contributed by atoms with Crippen molar-refractivity contribution in [1.82, 2.24) is 10.6 Å². The molecule has 3 unspecified atom stereocenters. The Morgan fingerprint density at radius 1 is 0.971 bits per heavy atom. The molecular weight excluding hydrogens is 432 g/mol. The minimum Gasteiger partial charge on any atom is -0.466 e. The van der Waals surface area contributed by atoms with E-state index >= 15 is 0 Å². The first-order valence-electron chi connectivity index (χ1n) is 14.3. The van der Waals surface area contributed by atoms with Gasteiger partial charge < -0.3 is 14.8 Å². The van der Waals surface area contributed by atoms with Gasteiger partial charge in [-0.15, -0.1) is 0 Å². The van der Waals surface area contributed by atoms with Gasteiger partial charge in [0.15, 0.2) is 0 Å². The van der Waals surface area contributed by atoms with Crippen LogP contribution in [0.25, 0.3) is 0 Å². The Hall–Kier alpha value is -1.78. The summed E-state index contributed by atoms with van der Waals surface area (Å²) in [5.74, 6) is 1.33. The molecule has 0 fully saturated rings. The van der Waals surface area contributed by atoms with Gasteiger partial charge in [-0.2, -0.15) is 0 Å². The molecule has 1 aliphatic carbocycles. The molecule has 2 N–H and O–H groups in total. The van der Waals surface area contributed by atoms with Crippen LogP contribution in [0.1, 0.15) is 117 Å². The zero-order chi connectivity index (χ0) is 25.9. The number of aryl methyl sites for hydroxylation is 1. The van der Waals surface area contributed by atoms with Gasteiger partial charge in [0.2, 0.25) is 6.29 Å². The number of hydrogen-bond acceptors (Lipinski definition) is 4. The van der Waals surface area contributed by atoms with Crippen molar-refractivity contribution in [3.63, 3.8) is 0 Å². The van der Waals surface area contributed by atoms with E-state index < -0.39 is 0 Å². The van der Waals surface area contributed by atoms with Gasteiger partial charge in [-0.25, -0.2) is 0 Å². The van der Waals surface area contributed by atoms with Crippen molar-refractivity contribution >= 4 is 0 Å². The molecule has 0 bridgehead atoms. The molecule has 0 spiro atoms. The number of nitrogens with one attached hydrogen (secondary N) is 2.